The van der Waals surface area contributed by atoms with Crippen molar-refractivity contribution in [1.29, 1.82) is 0 Å². The highest BCUT2D eigenvalue weighted by atomic mass is 32.2. The highest BCUT2D eigenvalue weighted by Gasteiger charge is 2.31. The Hall–Kier alpha value is -3.41. The van der Waals surface area contributed by atoms with Gasteiger partial charge in [0.2, 0.25) is 11.8 Å². The summed E-state index contributed by atoms with van der Waals surface area (Å²) in [7, 11) is 1.38. The zero-order chi connectivity index (χ0) is 26.2. The molecular weight excluding hydrogens is 478 g/mol. The van der Waals surface area contributed by atoms with Crippen molar-refractivity contribution in [1.82, 2.24) is 16.0 Å². The topological polar surface area (TPSA) is 152 Å². The van der Waals surface area contributed by atoms with Gasteiger partial charge in [0.1, 0.15) is 35.8 Å². The molecule has 192 valence electrons. The molecule has 3 amide bonds. The number of methoxy groups -OCH3 is 1. The number of esters is 1. The predicted molar refractivity (Wildman–Crippen MR) is 129 cm³/mol. The molecule has 1 aromatic rings. The quantitative estimate of drug-likeness (QED) is 0.342. The first kappa shape index (κ1) is 27.8. The van der Waals surface area contributed by atoms with Gasteiger partial charge in [-0.1, -0.05) is 6.08 Å². The minimum absolute atomic E-state index is 0.0407. The molecule has 11 nitrogen and oxygen atoms in total. The SMILES string of the molecule is C=CCNC(=O)[C@@H]1CSCc2c(O)cc(OC)cc2C(=O)OC[C@@H](NC(=O)OC(C)(C)C)C(=O)N1. The maximum atomic E-state index is 13.0. The number of phenolic OH excluding ortho intramolecular Hbond substituents is 1. The fraction of sp³-hybridized carbons (Fsp3) is 0.478. The summed E-state index contributed by atoms with van der Waals surface area (Å²) in [6.07, 6.45) is 0.596. The number of nitrogens with one attached hydrogen (secondary N) is 3. The van der Waals surface area contributed by atoms with Crippen LogP contribution in [0.1, 0.15) is 36.7 Å². The van der Waals surface area contributed by atoms with Crippen LogP contribution in [0.25, 0.3) is 0 Å². The van der Waals surface area contributed by atoms with Gasteiger partial charge in [-0.2, -0.15) is 11.8 Å². The van der Waals surface area contributed by atoms with E-state index in [-0.39, 0.29) is 40.7 Å². The number of fused-ring (bicyclic) bond motifs is 1. The van der Waals surface area contributed by atoms with Crippen LogP contribution in [0.5, 0.6) is 11.5 Å². The summed E-state index contributed by atoms with van der Waals surface area (Å²) in [5, 5.41) is 18.1. The van der Waals surface area contributed by atoms with Crippen molar-refractivity contribution in [3.05, 3.63) is 35.9 Å². The number of carbonyl (C=O) groups is 4. The number of carbonyl (C=O) groups excluding carboxylic acids is 4. The minimum atomic E-state index is -1.35. The number of cyclic esters (lactones) is 1. The number of hydrogen-bond acceptors (Lipinski definition) is 9. The van der Waals surface area contributed by atoms with Gasteiger partial charge in [-0.25, -0.2) is 9.59 Å². The van der Waals surface area contributed by atoms with Gasteiger partial charge in [-0.05, 0) is 26.8 Å². The molecule has 35 heavy (non-hydrogen) atoms. The molecule has 0 aromatic heterocycles. The van der Waals surface area contributed by atoms with Gasteiger partial charge >= 0.3 is 12.1 Å². The van der Waals surface area contributed by atoms with E-state index in [1.165, 1.54) is 37.1 Å². The molecule has 0 unspecified atom stereocenters. The number of aromatic hydroxyl groups is 1. The van der Waals surface area contributed by atoms with Crippen molar-refractivity contribution in [2.75, 3.05) is 26.0 Å². The number of rotatable bonds is 5. The van der Waals surface area contributed by atoms with Crippen LogP contribution < -0.4 is 20.7 Å². The molecule has 0 spiro atoms. The third-order valence-corrected chi connectivity index (χ3v) is 5.69. The summed E-state index contributed by atoms with van der Waals surface area (Å²) in [5.74, 6) is -1.69. The van der Waals surface area contributed by atoms with E-state index in [9.17, 15) is 24.3 Å². The van der Waals surface area contributed by atoms with Gasteiger partial charge in [-0.3, -0.25) is 9.59 Å². The Morgan fingerprint density at radius 1 is 1.34 bits per heavy atom. The van der Waals surface area contributed by atoms with Crippen molar-refractivity contribution in [2.45, 2.75) is 44.2 Å². The Labute approximate surface area is 207 Å². The average Bonchev–Trinajstić information content (AvgIpc) is 2.77. The standard InChI is InChI=1S/C23H31N3O8S/c1-6-7-24-19(28)17-12-35-11-15-14(8-13(32-5)9-18(15)27)21(30)33-10-16(20(29)25-17)26-22(31)34-23(2,3)4/h6,8-9,16-17,27H,1,7,10-12H2,2-5H3,(H,24,28)(H,25,29)(H,26,31)/t16-,17+/m1/s1. The second kappa shape index (κ2) is 12.3. The molecule has 4 N–H and O–H groups in total. The van der Waals surface area contributed by atoms with Gasteiger partial charge in [0, 0.05) is 29.7 Å². The van der Waals surface area contributed by atoms with E-state index in [0.29, 0.717) is 0 Å². The molecule has 1 aromatic carbocycles. The number of thioether (sulfide) groups is 1. The third-order valence-electron chi connectivity index (χ3n) is 4.63. The van der Waals surface area contributed by atoms with Crippen LogP contribution in [0.3, 0.4) is 0 Å². The largest absolute Gasteiger partial charge is 0.507 e. The zero-order valence-electron chi connectivity index (χ0n) is 20.1. The van der Waals surface area contributed by atoms with E-state index in [1.54, 1.807) is 20.8 Å². The van der Waals surface area contributed by atoms with Gasteiger partial charge in [0.25, 0.3) is 0 Å². The molecule has 0 aliphatic carbocycles. The van der Waals surface area contributed by atoms with Crippen molar-refractivity contribution in [2.24, 2.45) is 0 Å². The van der Waals surface area contributed by atoms with E-state index in [2.05, 4.69) is 22.5 Å². The highest BCUT2D eigenvalue weighted by Crippen LogP contribution is 2.32. The molecule has 1 heterocycles. The number of phenols is 1. The molecule has 2 rings (SSSR count). The molecule has 1 aliphatic heterocycles. The lowest BCUT2D eigenvalue weighted by atomic mass is 10.1. The maximum Gasteiger partial charge on any atom is 0.408 e. The van der Waals surface area contributed by atoms with Crippen LogP contribution in [0.15, 0.2) is 24.8 Å². The Bertz CT molecular complexity index is 976. The smallest absolute Gasteiger partial charge is 0.408 e. The van der Waals surface area contributed by atoms with E-state index < -0.39 is 48.2 Å². The number of alkyl carbamates (subject to hydrolysis) is 1. The highest BCUT2D eigenvalue weighted by molar-refractivity contribution is 7.98. The molecule has 0 bridgehead atoms. The summed E-state index contributed by atoms with van der Waals surface area (Å²) in [6, 6.07) is 0.445. The lowest BCUT2D eigenvalue weighted by molar-refractivity contribution is -0.130. The number of ether oxygens (including phenoxy) is 3. The first-order chi connectivity index (χ1) is 16.4. The fourth-order valence-corrected chi connectivity index (χ4v) is 4.08. The van der Waals surface area contributed by atoms with E-state index in [0.717, 1.165) is 0 Å². The number of hydrogen-bond donors (Lipinski definition) is 4. The molecule has 0 saturated carbocycles. The van der Waals surface area contributed by atoms with Gasteiger partial charge in [0.15, 0.2) is 0 Å². The predicted octanol–water partition coefficient (Wildman–Crippen LogP) is 1.48. The van der Waals surface area contributed by atoms with E-state index in [1.807, 2.05) is 0 Å². The van der Waals surface area contributed by atoms with Gasteiger partial charge in [0.05, 0.1) is 12.7 Å². The number of benzene rings is 1. The van der Waals surface area contributed by atoms with Gasteiger partial charge in [-0.15, -0.1) is 6.58 Å². The van der Waals surface area contributed by atoms with Crippen LogP contribution in [0.2, 0.25) is 0 Å². The normalized spacial score (nSPS) is 19.0. The van der Waals surface area contributed by atoms with Gasteiger partial charge < -0.3 is 35.3 Å². The Balaban J connectivity index is 2.39. The summed E-state index contributed by atoms with van der Waals surface area (Å²) in [5.41, 5.74) is -0.507. The van der Waals surface area contributed by atoms with Crippen molar-refractivity contribution >= 4 is 35.6 Å². The third kappa shape index (κ3) is 8.39. The summed E-state index contributed by atoms with van der Waals surface area (Å²) < 4.78 is 15.6. The monoisotopic (exact) mass is 509 g/mol. The summed E-state index contributed by atoms with van der Waals surface area (Å²) in [4.78, 5) is 50.8. The Kier molecular flexibility index (Phi) is 9.81. The van der Waals surface area contributed by atoms with E-state index in [4.69, 9.17) is 14.2 Å². The first-order valence-corrected chi connectivity index (χ1v) is 11.9. The van der Waals surface area contributed by atoms with Crippen molar-refractivity contribution < 1.29 is 38.5 Å². The second-order valence-corrected chi connectivity index (χ2v) is 9.61. The average molecular weight is 510 g/mol. The first-order valence-electron chi connectivity index (χ1n) is 10.8. The van der Waals surface area contributed by atoms with Crippen molar-refractivity contribution in [3.8, 4) is 11.5 Å². The summed E-state index contributed by atoms with van der Waals surface area (Å²) in [6.45, 7) is 8.16. The zero-order valence-corrected chi connectivity index (χ0v) is 21.0. The summed E-state index contributed by atoms with van der Waals surface area (Å²) >= 11 is 1.21. The van der Waals surface area contributed by atoms with E-state index >= 15 is 0 Å². The maximum absolute atomic E-state index is 13.0. The second-order valence-electron chi connectivity index (χ2n) is 8.58. The minimum Gasteiger partial charge on any atom is -0.507 e. The van der Waals surface area contributed by atoms with Crippen LogP contribution in [0, 0.1) is 0 Å². The van der Waals surface area contributed by atoms with Crippen LogP contribution in [0.4, 0.5) is 4.79 Å². The van der Waals surface area contributed by atoms with Crippen LogP contribution in [-0.2, 0) is 24.8 Å². The Morgan fingerprint density at radius 3 is 2.69 bits per heavy atom. The number of amides is 3. The lowest BCUT2D eigenvalue weighted by Gasteiger charge is -2.26. The molecule has 1 aliphatic rings. The molecule has 12 heteroatoms. The lowest BCUT2D eigenvalue weighted by Crippen LogP contribution is -2.56. The molecule has 0 saturated heterocycles. The van der Waals surface area contributed by atoms with Crippen molar-refractivity contribution in [3.63, 3.8) is 0 Å². The fourth-order valence-electron chi connectivity index (χ4n) is 2.98. The van der Waals surface area contributed by atoms with Crippen LogP contribution >= 0.6 is 11.8 Å². The Morgan fingerprint density at radius 2 is 2.06 bits per heavy atom. The molecular formula is C23H31N3O8S. The molecule has 0 radical (unpaired) electrons. The molecule has 2 atom stereocenters. The molecule has 0 fully saturated rings. The van der Waals surface area contributed by atoms with Crippen LogP contribution in [-0.4, -0.2) is 72.7 Å².